The van der Waals surface area contributed by atoms with Crippen LogP contribution in [0.2, 0.25) is 0 Å². The van der Waals surface area contributed by atoms with Gasteiger partial charge in [0.2, 0.25) is 11.8 Å². The van der Waals surface area contributed by atoms with Crippen molar-refractivity contribution < 1.29 is 9.59 Å². The molecule has 5 heteroatoms. The number of carbonyl (C=O) groups is 2. The molecule has 1 aliphatic rings. The van der Waals surface area contributed by atoms with Gasteiger partial charge in [-0.15, -0.1) is 0 Å². The first-order valence-electron chi connectivity index (χ1n) is 5.80. The van der Waals surface area contributed by atoms with Crippen molar-refractivity contribution in [3.8, 4) is 6.07 Å². The van der Waals surface area contributed by atoms with Crippen molar-refractivity contribution in [3.63, 3.8) is 0 Å². The third kappa shape index (κ3) is 4.06. The Morgan fingerprint density at radius 3 is 2.35 bits per heavy atom. The van der Waals surface area contributed by atoms with E-state index >= 15 is 0 Å². The van der Waals surface area contributed by atoms with E-state index in [1.165, 1.54) is 0 Å². The molecule has 0 saturated heterocycles. The maximum atomic E-state index is 11.6. The van der Waals surface area contributed by atoms with Gasteiger partial charge < -0.3 is 10.6 Å². The normalized spacial score (nSPS) is 16.8. The van der Waals surface area contributed by atoms with Crippen LogP contribution in [0, 0.1) is 16.7 Å². The molecule has 0 aromatic rings. The van der Waals surface area contributed by atoms with Crippen LogP contribution < -0.4 is 10.6 Å². The van der Waals surface area contributed by atoms with Crippen molar-refractivity contribution in [1.29, 1.82) is 5.26 Å². The second-order valence-corrected chi connectivity index (χ2v) is 5.50. The third-order valence-electron chi connectivity index (χ3n) is 2.55. The smallest absolute Gasteiger partial charge is 0.240 e. The van der Waals surface area contributed by atoms with Gasteiger partial charge in [-0.3, -0.25) is 9.59 Å². The molecule has 17 heavy (non-hydrogen) atoms. The molecular formula is C12H19N3O2. The molecule has 0 aromatic carbocycles. The predicted octanol–water partition coefficient (Wildman–Crippen LogP) is 0.711. The van der Waals surface area contributed by atoms with Gasteiger partial charge in [-0.05, 0) is 33.6 Å². The van der Waals surface area contributed by atoms with Crippen molar-refractivity contribution in [1.82, 2.24) is 10.6 Å². The first-order chi connectivity index (χ1) is 7.79. The summed E-state index contributed by atoms with van der Waals surface area (Å²) in [7, 11) is 0. The highest BCUT2D eigenvalue weighted by atomic mass is 16.2. The van der Waals surface area contributed by atoms with Crippen molar-refractivity contribution in [3.05, 3.63) is 0 Å². The third-order valence-corrected chi connectivity index (χ3v) is 2.55. The molecule has 1 fully saturated rings. The lowest BCUT2D eigenvalue weighted by Crippen LogP contribution is -2.42. The molecule has 2 amide bonds. The van der Waals surface area contributed by atoms with E-state index in [2.05, 4.69) is 10.6 Å². The minimum atomic E-state index is -0.805. The number of nitrogens with zero attached hydrogens (tertiary/aromatic N) is 1. The van der Waals surface area contributed by atoms with Gasteiger partial charge in [0.25, 0.3) is 0 Å². The Kier molecular flexibility index (Phi) is 3.76. The van der Waals surface area contributed by atoms with Gasteiger partial charge >= 0.3 is 0 Å². The van der Waals surface area contributed by atoms with E-state index in [1.807, 2.05) is 26.8 Å². The minimum absolute atomic E-state index is 0.0976. The SMILES string of the molecule is CC(C)(C)NC(=O)CCNC(=O)C1(C#N)CC1. The number of hydrogen-bond donors (Lipinski definition) is 2. The Hall–Kier alpha value is -1.57. The van der Waals surface area contributed by atoms with Crippen LogP contribution in [0.15, 0.2) is 0 Å². The average molecular weight is 237 g/mol. The largest absolute Gasteiger partial charge is 0.354 e. The van der Waals surface area contributed by atoms with Crippen LogP contribution in [0.3, 0.4) is 0 Å². The fraction of sp³-hybridized carbons (Fsp3) is 0.750. The number of nitrogens with one attached hydrogen (secondary N) is 2. The van der Waals surface area contributed by atoms with Gasteiger partial charge in [0, 0.05) is 18.5 Å². The van der Waals surface area contributed by atoms with Crippen molar-refractivity contribution in [2.75, 3.05) is 6.54 Å². The topological polar surface area (TPSA) is 82.0 Å². The van der Waals surface area contributed by atoms with Crippen LogP contribution in [0.1, 0.15) is 40.0 Å². The van der Waals surface area contributed by atoms with Crippen molar-refractivity contribution in [2.45, 2.75) is 45.6 Å². The van der Waals surface area contributed by atoms with Gasteiger partial charge in [0.1, 0.15) is 5.41 Å². The van der Waals surface area contributed by atoms with Crippen LogP contribution in [0.25, 0.3) is 0 Å². The molecule has 0 spiro atoms. The summed E-state index contributed by atoms with van der Waals surface area (Å²) in [6.07, 6.45) is 1.50. The van der Waals surface area contributed by atoms with E-state index in [0.717, 1.165) is 0 Å². The highest BCUT2D eigenvalue weighted by molar-refractivity contribution is 5.88. The summed E-state index contributed by atoms with van der Waals surface area (Å²) in [5.74, 6) is -0.344. The summed E-state index contributed by atoms with van der Waals surface area (Å²) in [6, 6.07) is 2.02. The van der Waals surface area contributed by atoms with Gasteiger partial charge in [-0.2, -0.15) is 5.26 Å². The average Bonchev–Trinajstić information content (AvgIpc) is 2.95. The highest BCUT2D eigenvalue weighted by Gasteiger charge is 2.50. The Balaban J connectivity index is 2.23. The molecule has 0 aliphatic heterocycles. The van der Waals surface area contributed by atoms with E-state index in [4.69, 9.17) is 5.26 Å². The Labute approximate surface area is 102 Å². The zero-order valence-electron chi connectivity index (χ0n) is 10.6. The summed E-state index contributed by atoms with van der Waals surface area (Å²) in [6.45, 7) is 5.99. The van der Waals surface area contributed by atoms with Crippen molar-refractivity contribution in [2.24, 2.45) is 5.41 Å². The maximum Gasteiger partial charge on any atom is 0.240 e. The molecule has 0 atom stereocenters. The van der Waals surface area contributed by atoms with E-state index in [-0.39, 0.29) is 30.3 Å². The minimum Gasteiger partial charge on any atom is -0.354 e. The molecule has 0 bridgehead atoms. The molecule has 94 valence electrons. The summed E-state index contributed by atoms with van der Waals surface area (Å²) in [5.41, 5.74) is -1.06. The number of nitriles is 1. The monoisotopic (exact) mass is 237 g/mol. The first-order valence-corrected chi connectivity index (χ1v) is 5.80. The van der Waals surface area contributed by atoms with Crippen LogP contribution in [0.5, 0.6) is 0 Å². The molecule has 0 radical (unpaired) electrons. The Morgan fingerprint density at radius 1 is 1.35 bits per heavy atom. The molecule has 0 unspecified atom stereocenters. The highest BCUT2D eigenvalue weighted by Crippen LogP contribution is 2.44. The summed E-state index contributed by atoms with van der Waals surface area (Å²) >= 11 is 0. The maximum absolute atomic E-state index is 11.6. The molecular weight excluding hydrogens is 218 g/mol. The van der Waals surface area contributed by atoms with Gasteiger partial charge in [0.05, 0.1) is 6.07 Å². The zero-order valence-corrected chi connectivity index (χ0v) is 10.6. The molecule has 0 heterocycles. The van der Waals surface area contributed by atoms with Crippen LogP contribution in [-0.2, 0) is 9.59 Å². The summed E-state index contributed by atoms with van der Waals surface area (Å²) < 4.78 is 0. The quantitative estimate of drug-likeness (QED) is 0.755. The van der Waals surface area contributed by atoms with Gasteiger partial charge in [-0.25, -0.2) is 0 Å². The molecule has 2 N–H and O–H groups in total. The lowest BCUT2D eigenvalue weighted by molar-refractivity contribution is -0.125. The second kappa shape index (κ2) is 4.74. The fourth-order valence-corrected chi connectivity index (χ4v) is 1.45. The Morgan fingerprint density at radius 2 is 1.94 bits per heavy atom. The van der Waals surface area contributed by atoms with E-state index < -0.39 is 5.41 Å². The number of hydrogen-bond acceptors (Lipinski definition) is 3. The number of rotatable bonds is 4. The standard InChI is InChI=1S/C12H19N3O2/c1-11(2,3)15-9(16)4-7-14-10(17)12(8-13)5-6-12/h4-7H2,1-3H3,(H,14,17)(H,15,16). The van der Waals surface area contributed by atoms with Crippen LogP contribution in [-0.4, -0.2) is 23.9 Å². The summed E-state index contributed by atoms with van der Waals surface area (Å²) in [5, 5.41) is 14.2. The number of carbonyl (C=O) groups excluding carboxylic acids is 2. The summed E-state index contributed by atoms with van der Waals surface area (Å²) in [4.78, 5) is 23.0. The molecule has 0 aromatic heterocycles. The molecule has 1 rings (SSSR count). The molecule has 5 nitrogen and oxygen atoms in total. The lowest BCUT2D eigenvalue weighted by atomic mass is 10.1. The zero-order chi connectivity index (χ0) is 13.1. The van der Waals surface area contributed by atoms with Crippen LogP contribution >= 0.6 is 0 Å². The van der Waals surface area contributed by atoms with Crippen molar-refractivity contribution >= 4 is 11.8 Å². The lowest BCUT2D eigenvalue weighted by Gasteiger charge is -2.20. The predicted molar refractivity (Wildman–Crippen MR) is 62.8 cm³/mol. The molecule has 1 aliphatic carbocycles. The van der Waals surface area contributed by atoms with Crippen LogP contribution in [0.4, 0.5) is 0 Å². The fourth-order valence-electron chi connectivity index (χ4n) is 1.45. The van der Waals surface area contributed by atoms with E-state index in [0.29, 0.717) is 12.8 Å². The van der Waals surface area contributed by atoms with E-state index in [9.17, 15) is 9.59 Å². The van der Waals surface area contributed by atoms with E-state index in [1.54, 1.807) is 0 Å². The Bertz CT molecular complexity index is 359. The second-order valence-electron chi connectivity index (χ2n) is 5.50. The first kappa shape index (κ1) is 13.5. The van der Waals surface area contributed by atoms with Gasteiger partial charge in [-0.1, -0.05) is 0 Å². The molecule has 1 saturated carbocycles. The van der Waals surface area contributed by atoms with Gasteiger partial charge in [0.15, 0.2) is 0 Å². The number of amides is 2.